The smallest absolute Gasteiger partial charge is 0.352 e. The molecule has 0 aromatic heterocycles. The van der Waals surface area contributed by atoms with Crippen LogP contribution in [0.25, 0.3) is 0 Å². The minimum absolute atomic E-state index is 0.119. The second-order valence-corrected chi connectivity index (χ2v) is 3.57. The summed E-state index contributed by atoms with van der Waals surface area (Å²) in [5.41, 5.74) is 1.47. The molecule has 1 aliphatic heterocycles. The Morgan fingerprint density at radius 1 is 1.50 bits per heavy atom. The van der Waals surface area contributed by atoms with Gasteiger partial charge in [-0.2, -0.15) is 10.1 Å². The number of rotatable bonds is 2. The van der Waals surface area contributed by atoms with Crippen molar-refractivity contribution >= 4 is 23.3 Å². The number of hydrazone groups is 1. The highest BCUT2D eigenvalue weighted by atomic mass is 16.4. The van der Waals surface area contributed by atoms with Crippen LogP contribution in [0.5, 0.6) is 0 Å². The predicted octanol–water partition coefficient (Wildman–Crippen LogP) is 1.17. The molecule has 0 spiro atoms. The summed E-state index contributed by atoms with van der Waals surface area (Å²) in [7, 11) is 0. The quantitative estimate of drug-likeness (QED) is 0.810. The van der Waals surface area contributed by atoms with E-state index in [4.69, 9.17) is 5.11 Å². The predicted molar refractivity (Wildman–Crippen MR) is 58.4 cm³/mol. The fraction of sp³-hybridized carbons (Fsp3) is 0.182. The molecule has 0 saturated carbocycles. The first-order valence-electron chi connectivity index (χ1n) is 4.78. The van der Waals surface area contributed by atoms with Gasteiger partial charge in [-0.05, 0) is 24.6 Å². The van der Waals surface area contributed by atoms with Crippen molar-refractivity contribution in [3.8, 4) is 0 Å². The number of benzene rings is 1. The summed E-state index contributed by atoms with van der Waals surface area (Å²) in [5.74, 6) is -1.47. The highest BCUT2D eigenvalue weighted by molar-refractivity contribution is 6.42. The standard InChI is InChI=1S/C11H10N2O3/c1-7-3-2-4-8(5-7)13-10(14)6-9(12-13)11(15)16/h2-5H,6H2,1H3,(H,15,16). The Morgan fingerprint density at radius 3 is 2.81 bits per heavy atom. The second kappa shape index (κ2) is 3.77. The average molecular weight is 218 g/mol. The first-order chi connectivity index (χ1) is 7.58. The van der Waals surface area contributed by atoms with Gasteiger partial charge < -0.3 is 5.11 Å². The Morgan fingerprint density at radius 2 is 2.25 bits per heavy atom. The normalized spacial score (nSPS) is 15.2. The Kier molecular flexibility index (Phi) is 2.44. The Labute approximate surface area is 92.0 Å². The molecular formula is C11H10N2O3. The molecule has 0 saturated heterocycles. The summed E-state index contributed by atoms with van der Waals surface area (Å²) in [4.78, 5) is 22.2. The maximum atomic E-state index is 11.5. The van der Waals surface area contributed by atoms with E-state index in [0.717, 1.165) is 10.6 Å². The summed E-state index contributed by atoms with van der Waals surface area (Å²) in [6.45, 7) is 1.89. The van der Waals surface area contributed by atoms with Gasteiger partial charge >= 0.3 is 5.97 Å². The lowest BCUT2D eigenvalue weighted by molar-refractivity contribution is -0.129. The molecule has 1 aromatic carbocycles. The molecule has 0 aliphatic carbocycles. The van der Waals surface area contributed by atoms with Gasteiger partial charge in [-0.25, -0.2) is 4.79 Å². The molecule has 5 nitrogen and oxygen atoms in total. The van der Waals surface area contributed by atoms with E-state index in [1.807, 2.05) is 13.0 Å². The van der Waals surface area contributed by atoms with E-state index in [1.165, 1.54) is 0 Å². The van der Waals surface area contributed by atoms with Crippen molar-refractivity contribution in [2.75, 3.05) is 5.01 Å². The zero-order valence-electron chi connectivity index (χ0n) is 8.67. The van der Waals surface area contributed by atoms with Gasteiger partial charge in [-0.15, -0.1) is 0 Å². The maximum absolute atomic E-state index is 11.5. The molecule has 1 heterocycles. The number of hydrogen-bond donors (Lipinski definition) is 1. The molecular weight excluding hydrogens is 208 g/mol. The van der Waals surface area contributed by atoms with Crippen molar-refractivity contribution in [1.82, 2.24) is 0 Å². The van der Waals surface area contributed by atoms with Gasteiger partial charge in [0.15, 0.2) is 5.71 Å². The first kappa shape index (κ1) is 10.4. The minimum Gasteiger partial charge on any atom is -0.477 e. The Bertz CT molecular complexity index is 494. The van der Waals surface area contributed by atoms with Crippen molar-refractivity contribution < 1.29 is 14.7 Å². The molecule has 0 atom stereocenters. The summed E-state index contributed by atoms with van der Waals surface area (Å²) < 4.78 is 0. The van der Waals surface area contributed by atoms with Gasteiger partial charge in [0.25, 0.3) is 5.91 Å². The third-order valence-corrected chi connectivity index (χ3v) is 2.27. The minimum atomic E-state index is -1.15. The van der Waals surface area contributed by atoms with E-state index in [9.17, 15) is 9.59 Å². The van der Waals surface area contributed by atoms with Crippen LogP contribution in [0, 0.1) is 6.92 Å². The van der Waals surface area contributed by atoms with Crippen LogP contribution in [-0.4, -0.2) is 22.7 Å². The number of carbonyl (C=O) groups excluding carboxylic acids is 1. The number of nitrogens with zero attached hydrogens (tertiary/aromatic N) is 2. The second-order valence-electron chi connectivity index (χ2n) is 3.57. The number of aliphatic carboxylic acids is 1. The number of anilines is 1. The lowest BCUT2D eigenvalue weighted by Crippen LogP contribution is -2.19. The van der Waals surface area contributed by atoms with Crippen molar-refractivity contribution in [3.05, 3.63) is 29.8 Å². The van der Waals surface area contributed by atoms with Crippen LogP contribution in [0.15, 0.2) is 29.4 Å². The summed E-state index contributed by atoms with van der Waals surface area (Å²) in [5, 5.41) is 13.7. The largest absolute Gasteiger partial charge is 0.477 e. The molecule has 0 fully saturated rings. The molecule has 0 bridgehead atoms. The fourth-order valence-electron chi connectivity index (χ4n) is 1.51. The van der Waals surface area contributed by atoms with Crippen molar-refractivity contribution in [3.63, 3.8) is 0 Å². The molecule has 1 aromatic rings. The van der Waals surface area contributed by atoms with E-state index in [1.54, 1.807) is 18.2 Å². The third kappa shape index (κ3) is 1.79. The van der Waals surface area contributed by atoms with Gasteiger partial charge in [-0.3, -0.25) is 4.79 Å². The highest BCUT2D eigenvalue weighted by Crippen LogP contribution is 2.21. The SMILES string of the molecule is Cc1cccc(N2N=C(C(=O)O)CC2=O)c1. The van der Waals surface area contributed by atoms with Crippen LogP contribution in [0.4, 0.5) is 5.69 Å². The van der Waals surface area contributed by atoms with Crippen LogP contribution in [0.1, 0.15) is 12.0 Å². The highest BCUT2D eigenvalue weighted by Gasteiger charge is 2.28. The van der Waals surface area contributed by atoms with Crippen molar-refractivity contribution in [2.24, 2.45) is 5.10 Å². The van der Waals surface area contributed by atoms with Gasteiger partial charge in [0, 0.05) is 0 Å². The number of aryl methyl sites for hydroxylation is 1. The first-order valence-corrected chi connectivity index (χ1v) is 4.78. The van der Waals surface area contributed by atoms with Crippen molar-refractivity contribution in [1.29, 1.82) is 0 Å². The van der Waals surface area contributed by atoms with Gasteiger partial charge in [0.2, 0.25) is 0 Å². The Hall–Kier alpha value is -2.17. The van der Waals surface area contributed by atoms with E-state index >= 15 is 0 Å². The van der Waals surface area contributed by atoms with Crippen LogP contribution < -0.4 is 5.01 Å². The van der Waals surface area contributed by atoms with E-state index < -0.39 is 5.97 Å². The molecule has 82 valence electrons. The van der Waals surface area contributed by atoms with Crippen LogP contribution in [-0.2, 0) is 9.59 Å². The monoisotopic (exact) mass is 218 g/mol. The van der Waals surface area contributed by atoms with Gasteiger partial charge in [-0.1, -0.05) is 12.1 Å². The number of carbonyl (C=O) groups is 2. The number of carboxylic acids is 1. The van der Waals surface area contributed by atoms with Gasteiger partial charge in [0.1, 0.15) is 0 Å². The average Bonchev–Trinajstić information content (AvgIpc) is 2.60. The van der Waals surface area contributed by atoms with Gasteiger partial charge in [0.05, 0.1) is 12.1 Å². The fourth-order valence-corrected chi connectivity index (χ4v) is 1.51. The lowest BCUT2D eigenvalue weighted by atomic mass is 10.2. The van der Waals surface area contributed by atoms with Crippen molar-refractivity contribution in [2.45, 2.75) is 13.3 Å². The molecule has 5 heteroatoms. The molecule has 1 N–H and O–H groups in total. The molecule has 2 rings (SSSR count). The zero-order chi connectivity index (χ0) is 11.7. The van der Waals surface area contributed by atoms with E-state index in [0.29, 0.717) is 5.69 Å². The van der Waals surface area contributed by atoms with Crippen LogP contribution >= 0.6 is 0 Å². The summed E-state index contributed by atoms with van der Waals surface area (Å²) in [6.07, 6.45) is -0.150. The topological polar surface area (TPSA) is 70.0 Å². The molecule has 0 unspecified atom stereocenters. The van der Waals surface area contributed by atoms with Crippen LogP contribution in [0.3, 0.4) is 0 Å². The van der Waals surface area contributed by atoms with E-state index in [2.05, 4.69) is 5.10 Å². The molecule has 1 amide bonds. The maximum Gasteiger partial charge on any atom is 0.352 e. The number of amides is 1. The Balaban J connectivity index is 2.35. The van der Waals surface area contributed by atoms with E-state index in [-0.39, 0.29) is 18.0 Å². The molecule has 0 radical (unpaired) electrons. The lowest BCUT2D eigenvalue weighted by Gasteiger charge is -2.11. The molecule has 1 aliphatic rings. The summed E-state index contributed by atoms with van der Waals surface area (Å²) in [6, 6.07) is 7.20. The zero-order valence-corrected chi connectivity index (χ0v) is 8.67. The number of hydrogen-bond acceptors (Lipinski definition) is 3. The van der Waals surface area contributed by atoms with Crippen LogP contribution in [0.2, 0.25) is 0 Å². The third-order valence-electron chi connectivity index (χ3n) is 2.27. The molecule has 16 heavy (non-hydrogen) atoms. The number of carboxylic acid groups (broad SMARTS) is 1. The summed E-state index contributed by atoms with van der Waals surface area (Å²) >= 11 is 0.